The van der Waals surface area contributed by atoms with Gasteiger partial charge < -0.3 is 10.1 Å². The number of hydrogen-bond acceptors (Lipinski definition) is 5. The van der Waals surface area contributed by atoms with Gasteiger partial charge in [-0.3, -0.25) is 9.59 Å². The second-order valence-corrected chi connectivity index (χ2v) is 9.10. The van der Waals surface area contributed by atoms with Crippen LogP contribution in [0, 0.1) is 5.92 Å². The number of sulfonamides is 1. The van der Waals surface area contributed by atoms with Gasteiger partial charge in [-0.15, -0.1) is 0 Å². The molecule has 0 heterocycles. The minimum atomic E-state index is -3.93. The summed E-state index contributed by atoms with van der Waals surface area (Å²) >= 11 is 5.77. The van der Waals surface area contributed by atoms with Crippen LogP contribution < -0.4 is 10.0 Å². The Morgan fingerprint density at radius 3 is 2.33 bits per heavy atom. The van der Waals surface area contributed by atoms with E-state index < -0.39 is 28.6 Å². The molecule has 1 aromatic carbocycles. The highest BCUT2D eigenvalue weighted by Crippen LogP contribution is 2.18. The third-order valence-corrected chi connectivity index (χ3v) is 6.10. The molecule has 2 N–H and O–H groups in total. The van der Waals surface area contributed by atoms with Gasteiger partial charge in [-0.05, 0) is 43.0 Å². The molecule has 0 aliphatic heterocycles. The Kier molecular flexibility index (Phi) is 7.64. The lowest BCUT2D eigenvalue weighted by Gasteiger charge is -2.21. The van der Waals surface area contributed by atoms with Crippen LogP contribution in [0.3, 0.4) is 0 Å². The van der Waals surface area contributed by atoms with Gasteiger partial charge >= 0.3 is 5.97 Å². The fourth-order valence-corrected chi connectivity index (χ4v) is 4.33. The number of nitrogens with one attached hydrogen (secondary N) is 2. The van der Waals surface area contributed by atoms with Gasteiger partial charge in [-0.2, -0.15) is 4.72 Å². The van der Waals surface area contributed by atoms with Crippen LogP contribution in [0.5, 0.6) is 0 Å². The summed E-state index contributed by atoms with van der Waals surface area (Å²) in [6.07, 6.45) is 4.00. The average Bonchev–Trinajstić information content (AvgIpc) is 3.10. The number of amides is 1. The molecule has 1 aliphatic rings. The van der Waals surface area contributed by atoms with Gasteiger partial charge in [-0.1, -0.05) is 38.3 Å². The molecule has 0 saturated heterocycles. The molecule has 1 atom stereocenters. The topological polar surface area (TPSA) is 102 Å². The maximum Gasteiger partial charge on any atom is 0.324 e. The van der Waals surface area contributed by atoms with Gasteiger partial charge in [0.05, 0.1) is 4.90 Å². The quantitative estimate of drug-likeness (QED) is 0.633. The predicted octanol–water partition coefficient (Wildman–Crippen LogP) is 2.24. The fraction of sp³-hybridized carbons (Fsp3) is 0.556. The van der Waals surface area contributed by atoms with Crippen molar-refractivity contribution in [3.05, 3.63) is 29.3 Å². The summed E-state index contributed by atoms with van der Waals surface area (Å²) in [7, 11) is -3.93. The highest BCUT2D eigenvalue weighted by atomic mass is 35.5. The van der Waals surface area contributed by atoms with Crippen LogP contribution in [0.1, 0.15) is 39.5 Å². The van der Waals surface area contributed by atoms with Gasteiger partial charge in [0.2, 0.25) is 10.0 Å². The van der Waals surface area contributed by atoms with Crippen LogP contribution >= 0.6 is 11.6 Å². The molecule has 27 heavy (non-hydrogen) atoms. The van der Waals surface area contributed by atoms with E-state index in [1.807, 2.05) is 0 Å². The van der Waals surface area contributed by atoms with Crippen LogP contribution in [-0.4, -0.2) is 39.0 Å². The van der Waals surface area contributed by atoms with Crippen molar-refractivity contribution in [2.24, 2.45) is 5.92 Å². The summed E-state index contributed by atoms with van der Waals surface area (Å²) in [5.74, 6) is -1.53. The maximum absolute atomic E-state index is 12.5. The van der Waals surface area contributed by atoms with Crippen molar-refractivity contribution in [3.63, 3.8) is 0 Å². The molecule has 1 fully saturated rings. The molecule has 0 radical (unpaired) electrons. The maximum atomic E-state index is 12.5. The summed E-state index contributed by atoms with van der Waals surface area (Å²) in [6.45, 7) is 2.95. The van der Waals surface area contributed by atoms with Gasteiger partial charge in [0.25, 0.3) is 5.91 Å². The second kappa shape index (κ2) is 9.52. The predicted molar refractivity (Wildman–Crippen MR) is 102 cm³/mol. The number of ether oxygens (including phenoxy) is 1. The number of esters is 1. The molecule has 1 saturated carbocycles. The number of hydrogen-bond donors (Lipinski definition) is 2. The van der Waals surface area contributed by atoms with Crippen molar-refractivity contribution in [3.8, 4) is 0 Å². The molecule has 7 nitrogen and oxygen atoms in total. The summed E-state index contributed by atoms with van der Waals surface area (Å²) in [5, 5.41) is 3.22. The molecule has 150 valence electrons. The zero-order chi connectivity index (χ0) is 20.0. The van der Waals surface area contributed by atoms with Crippen LogP contribution in [0.4, 0.5) is 0 Å². The summed E-state index contributed by atoms with van der Waals surface area (Å²) in [4.78, 5) is 24.2. The first-order valence-corrected chi connectivity index (χ1v) is 10.8. The minimum Gasteiger partial charge on any atom is -0.454 e. The highest BCUT2D eigenvalue weighted by molar-refractivity contribution is 7.89. The van der Waals surface area contributed by atoms with E-state index in [4.69, 9.17) is 16.3 Å². The summed E-state index contributed by atoms with van der Waals surface area (Å²) < 4.78 is 32.4. The van der Waals surface area contributed by atoms with Crippen LogP contribution in [0.2, 0.25) is 5.02 Å². The largest absolute Gasteiger partial charge is 0.454 e. The molecular formula is C18H25ClN2O5S. The molecule has 1 aliphatic carbocycles. The molecule has 0 bridgehead atoms. The van der Waals surface area contributed by atoms with Crippen LogP contribution in [-0.2, 0) is 24.3 Å². The fourth-order valence-electron chi connectivity index (χ4n) is 2.87. The van der Waals surface area contributed by atoms with Crippen molar-refractivity contribution in [1.82, 2.24) is 10.0 Å². The molecular weight excluding hydrogens is 392 g/mol. The van der Waals surface area contributed by atoms with Crippen molar-refractivity contribution in [1.29, 1.82) is 0 Å². The number of benzene rings is 1. The minimum absolute atomic E-state index is 0.00988. The Hall–Kier alpha value is -1.64. The molecule has 2 rings (SSSR count). The van der Waals surface area contributed by atoms with Crippen molar-refractivity contribution >= 4 is 33.5 Å². The normalized spacial score (nSPS) is 16.3. The lowest BCUT2D eigenvalue weighted by atomic mass is 10.1. The Balaban J connectivity index is 1.95. The number of carbonyl (C=O) groups is 2. The van der Waals surface area contributed by atoms with Crippen LogP contribution in [0.25, 0.3) is 0 Å². The molecule has 1 amide bonds. The average molecular weight is 417 g/mol. The van der Waals surface area contributed by atoms with Crippen LogP contribution in [0.15, 0.2) is 29.2 Å². The molecule has 0 unspecified atom stereocenters. The Labute approximate surface area is 164 Å². The standard InChI is InChI=1S/C18H25ClN2O5S/c1-12(2)17(21-27(24,25)15-9-7-13(19)8-10-15)18(23)26-11-16(22)20-14-5-3-4-6-14/h7-10,12,14,17,21H,3-6,11H2,1-2H3,(H,20,22)/t17-/m0/s1. The SMILES string of the molecule is CC(C)[C@H](NS(=O)(=O)c1ccc(Cl)cc1)C(=O)OCC(=O)NC1CCCC1. The third kappa shape index (κ3) is 6.48. The summed E-state index contributed by atoms with van der Waals surface area (Å²) in [5.41, 5.74) is 0. The molecule has 0 spiro atoms. The van der Waals surface area contributed by atoms with E-state index in [0.717, 1.165) is 25.7 Å². The highest BCUT2D eigenvalue weighted by Gasteiger charge is 2.30. The smallest absolute Gasteiger partial charge is 0.324 e. The zero-order valence-corrected chi connectivity index (χ0v) is 17.0. The van der Waals surface area contributed by atoms with E-state index in [0.29, 0.717) is 5.02 Å². The molecule has 1 aromatic rings. The van der Waals surface area contributed by atoms with E-state index in [-0.39, 0.29) is 22.8 Å². The number of halogens is 1. The van der Waals surface area contributed by atoms with Gasteiger partial charge in [0.15, 0.2) is 6.61 Å². The van der Waals surface area contributed by atoms with Gasteiger partial charge in [0, 0.05) is 11.1 Å². The first-order chi connectivity index (χ1) is 12.7. The summed E-state index contributed by atoms with van der Waals surface area (Å²) in [6, 6.07) is 4.62. The van der Waals surface area contributed by atoms with E-state index in [9.17, 15) is 18.0 Å². The second-order valence-electron chi connectivity index (χ2n) is 6.95. The van der Waals surface area contributed by atoms with Crippen molar-refractivity contribution in [2.75, 3.05) is 6.61 Å². The van der Waals surface area contributed by atoms with E-state index >= 15 is 0 Å². The first-order valence-electron chi connectivity index (χ1n) is 8.93. The third-order valence-electron chi connectivity index (χ3n) is 4.39. The van der Waals surface area contributed by atoms with E-state index in [1.165, 1.54) is 24.3 Å². The van der Waals surface area contributed by atoms with Gasteiger partial charge in [0.1, 0.15) is 6.04 Å². The molecule has 0 aromatic heterocycles. The number of rotatable bonds is 8. The number of carbonyl (C=O) groups excluding carboxylic acids is 2. The first kappa shape index (κ1) is 21.7. The monoisotopic (exact) mass is 416 g/mol. The van der Waals surface area contributed by atoms with Crippen molar-refractivity contribution in [2.45, 2.75) is 56.5 Å². The Morgan fingerprint density at radius 1 is 1.19 bits per heavy atom. The Bertz CT molecular complexity index is 758. The van der Waals surface area contributed by atoms with E-state index in [1.54, 1.807) is 13.8 Å². The Morgan fingerprint density at radius 2 is 1.78 bits per heavy atom. The lowest BCUT2D eigenvalue weighted by molar-refractivity contribution is -0.151. The lowest BCUT2D eigenvalue weighted by Crippen LogP contribution is -2.46. The zero-order valence-electron chi connectivity index (χ0n) is 15.4. The molecule has 9 heteroatoms. The van der Waals surface area contributed by atoms with E-state index in [2.05, 4.69) is 10.0 Å². The van der Waals surface area contributed by atoms with Gasteiger partial charge in [-0.25, -0.2) is 8.42 Å². The van der Waals surface area contributed by atoms with Crippen molar-refractivity contribution < 1.29 is 22.7 Å².